The van der Waals surface area contributed by atoms with Gasteiger partial charge in [-0.05, 0) is 32.6 Å². The Kier molecular flexibility index (Phi) is 18.1. The van der Waals surface area contributed by atoms with Crippen molar-refractivity contribution < 1.29 is 9.53 Å². The van der Waals surface area contributed by atoms with Crippen LogP contribution in [0.3, 0.4) is 0 Å². The van der Waals surface area contributed by atoms with E-state index in [1.165, 1.54) is 76.7 Å². The van der Waals surface area contributed by atoms with Crippen molar-refractivity contribution in [2.24, 2.45) is 0 Å². The molecular weight excluding hydrogens is 284 g/mol. The maximum atomic E-state index is 11.1. The molecule has 2 nitrogen and oxygen atoms in total. The number of allylic oxidation sites excluding steroid dienone is 3. The van der Waals surface area contributed by atoms with E-state index in [2.05, 4.69) is 19.1 Å². The highest BCUT2D eigenvalue weighted by atomic mass is 16.5. The molecule has 0 spiro atoms. The summed E-state index contributed by atoms with van der Waals surface area (Å²) in [4.78, 5) is 11.1. The fraction of sp³-hybridized carbons (Fsp3) is 0.762. The van der Waals surface area contributed by atoms with E-state index in [-0.39, 0.29) is 5.97 Å². The smallest absolute Gasteiger partial charge is 0.330 e. The first-order valence-electron chi connectivity index (χ1n) is 9.79. The van der Waals surface area contributed by atoms with Crippen LogP contribution in [0.5, 0.6) is 0 Å². The lowest BCUT2D eigenvalue weighted by molar-refractivity contribution is -0.137. The summed E-state index contributed by atoms with van der Waals surface area (Å²) in [5, 5.41) is 0. The lowest BCUT2D eigenvalue weighted by atomic mass is 10.1. The molecule has 0 bridgehead atoms. The minimum Gasteiger partial charge on any atom is -0.463 e. The monoisotopic (exact) mass is 322 g/mol. The van der Waals surface area contributed by atoms with Gasteiger partial charge in [0.2, 0.25) is 0 Å². The first-order valence-corrected chi connectivity index (χ1v) is 9.79. The van der Waals surface area contributed by atoms with Gasteiger partial charge in [-0.3, -0.25) is 0 Å². The quantitative estimate of drug-likeness (QED) is 0.136. The molecule has 0 unspecified atom stereocenters. The molecule has 0 fully saturated rings. The van der Waals surface area contributed by atoms with Crippen molar-refractivity contribution in [2.45, 2.75) is 97.3 Å². The van der Waals surface area contributed by atoms with Crippen molar-refractivity contribution in [3.63, 3.8) is 0 Å². The summed E-state index contributed by atoms with van der Waals surface area (Å²) in [6, 6.07) is 0. The lowest BCUT2D eigenvalue weighted by Crippen LogP contribution is -1.98. The molecule has 0 aromatic carbocycles. The van der Waals surface area contributed by atoms with Gasteiger partial charge in [0.1, 0.15) is 0 Å². The summed E-state index contributed by atoms with van der Waals surface area (Å²) in [5.41, 5.74) is 0. The van der Waals surface area contributed by atoms with Crippen LogP contribution in [0.4, 0.5) is 0 Å². The van der Waals surface area contributed by atoms with Gasteiger partial charge in [0.05, 0.1) is 6.61 Å². The molecular formula is C21H38O2. The van der Waals surface area contributed by atoms with Gasteiger partial charge in [0, 0.05) is 6.08 Å². The minimum atomic E-state index is -0.234. The molecule has 0 aliphatic heterocycles. The second-order valence-electron chi connectivity index (χ2n) is 6.17. The van der Waals surface area contributed by atoms with Crippen molar-refractivity contribution in [3.05, 3.63) is 24.3 Å². The van der Waals surface area contributed by atoms with Crippen LogP contribution in [0.2, 0.25) is 0 Å². The lowest BCUT2D eigenvalue weighted by Gasteiger charge is -2.01. The molecule has 23 heavy (non-hydrogen) atoms. The van der Waals surface area contributed by atoms with Gasteiger partial charge in [-0.15, -0.1) is 0 Å². The number of ether oxygens (including phenoxy) is 1. The first kappa shape index (κ1) is 21.9. The Morgan fingerprint density at radius 2 is 1.22 bits per heavy atom. The van der Waals surface area contributed by atoms with Crippen molar-refractivity contribution in [3.8, 4) is 0 Å². The third kappa shape index (κ3) is 18.9. The van der Waals surface area contributed by atoms with Crippen LogP contribution in [0.1, 0.15) is 97.3 Å². The second-order valence-corrected chi connectivity index (χ2v) is 6.17. The Hall–Kier alpha value is -1.05. The molecule has 0 amide bonds. The fourth-order valence-corrected chi connectivity index (χ4v) is 2.55. The molecule has 0 aliphatic carbocycles. The Morgan fingerprint density at radius 3 is 1.83 bits per heavy atom. The molecule has 0 aromatic rings. The van der Waals surface area contributed by atoms with Gasteiger partial charge < -0.3 is 4.74 Å². The van der Waals surface area contributed by atoms with E-state index in [0.29, 0.717) is 6.61 Å². The van der Waals surface area contributed by atoms with Crippen LogP contribution in [0, 0.1) is 0 Å². The van der Waals surface area contributed by atoms with E-state index < -0.39 is 0 Å². The van der Waals surface area contributed by atoms with Crippen LogP contribution in [-0.4, -0.2) is 12.6 Å². The number of hydrogen-bond donors (Lipinski definition) is 0. The second kappa shape index (κ2) is 19.0. The van der Waals surface area contributed by atoms with Crippen molar-refractivity contribution in [1.29, 1.82) is 0 Å². The summed E-state index contributed by atoms with van der Waals surface area (Å²) in [6.07, 6.45) is 25.0. The third-order valence-electron chi connectivity index (χ3n) is 3.93. The predicted octanol–water partition coefficient (Wildman–Crippen LogP) is 6.75. The summed E-state index contributed by atoms with van der Waals surface area (Å²) in [5.74, 6) is -0.234. The summed E-state index contributed by atoms with van der Waals surface area (Å²) >= 11 is 0. The molecule has 0 aromatic heterocycles. The topological polar surface area (TPSA) is 26.3 Å². The Balaban J connectivity index is 3.21. The Morgan fingerprint density at radius 1 is 0.696 bits per heavy atom. The maximum Gasteiger partial charge on any atom is 0.330 e. The average molecular weight is 323 g/mol. The van der Waals surface area contributed by atoms with E-state index in [4.69, 9.17) is 4.74 Å². The van der Waals surface area contributed by atoms with E-state index in [0.717, 1.165) is 12.8 Å². The summed E-state index contributed by atoms with van der Waals surface area (Å²) in [7, 11) is 0. The van der Waals surface area contributed by atoms with Gasteiger partial charge in [-0.1, -0.05) is 82.9 Å². The normalized spacial score (nSPS) is 11.6. The Labute approximate surface area is 144 Å². The van der Waals surface area contributed by atoms with Crippen LogP contribution in [0.15, 0.2) is 24.3 Å². The number of esters is 1. The largest absolute Gasteiger partial charge is 0.463 e. The standard InChI is InChI=1S/C21H38O2/c1-3-5-6-7-8-9-10-11-12-13-14-15-16-17-18-19-20-21(22)23-4-2/h15-16,19-20H,3-14,17-18H2,1-2H3/b16-15+,20-19+. The Bertz CT molecular complexity index is 305. The van der Waals surface area contributed by atoms with Crippen LogP contribution in [0.25, 0.3) is 0 Å². The summed E-state index contributed by atoms with van der Waals surface area (Å²) in [6.45, 7) is 4.54. The molecule has 0 saturated carbocycles. The average Bonchev–Trinajstić information content (AvgIpc) is 2.54. The van der Waals surface area contributed by atoms with E-state index in [1.54, 1.807) is 0 Å². The maximum absolute atomic E-state index is 11.1. The SMILES string of the molecule is CCCCCCCCCCCC/C=C/CC/C=C/C(=O)OCC. The van der Waals surface area contributed by atoms with Gasteiger partial charge in [0.25, 0.3) is 0 Å². The number of carbonyl (C=O) groups is 1. The van der Waals surface area contributed by atoms with Crippen LogP contribution < -0.4 is 0 Å². The molecule has 0 aliphatic rings. The van der Waals surface area contributed by atoms with E-state index in [1.807, 2.05) is 13.0 Å². The van der Waals surface area contributed by atoms with Crippen molar-refractivity contribution in [1.82, 2.24) is 0 Å². The zero-order valence-electron chi connectivity index (χ0n) is 15.5. The van der Waals surface area contributed by atoms with Crippen LogP contribution >= 0.6 is 0 Å². The van der Waals surface area contributed by atoms with E-state index >= 15 is 0 Å². The predicted molar refractivity (Wildman–Crippen MR) is 101 cm³/mol. The molecule has 0 rings (SSSR count). The zero-order valence-corrected chi connectivity index (χ0v) is 15.5. The number of hydrogen-bond acceptors (Lipinski definition) is 2. The highest BCUT2D eigenvalue weighted by Crippen LogP contribution is 2.11. The van der Waals surface area contributed by atoms with E-state index in [9.17, 15) is 4.79 Å². The summed E-state index contributed by atoms with van der Waals surface area (Å²) < 4.78 is 4.82. The zero-order chi connectivity index (χ0) is 17.0. The van der Waals surface area contributed by atoms with Crippen molar-refractivity contribution in [2.75, 3.05) is 6.61 Å². The molecule has 0 radical (unpaired) electrons. The first-order chi connectivity index (χ1) is 11.3. The molecule has 134 valence electrons. The molecule has 0 heterocycles. The highest BCUT2D eigenvalue weighted by Gasteiger charge is 1.92. The number of rotatable bonds is 16. The fourth-order valence-electron chi connectivity index (χ4n) is 2.55. The van der Waals surface area contributed by atoms with Crippen LogP contribution in [-0.2, 0) is 9.53 Å². The van der Waals surface area contributed by atoms with Gasteiger partial charge in [-0.25, -0.2) is 4.79 Å². The minimum absolute atomic E-state index is 0.234. The molecule has 2 heteroatoms. The molecule has 0 N–H and O–H groups in total. The number of carbonyl (C=O) groups excluding carboxylic acids is 1. The van der Waals surface area contributed by atoms with Gasteiger partial charge in [-0.2, -0.15) is 0 Å². The number of unbranched alkanes of at least 4 members (excludes halogenated alkanes) is 11. The molecule has 0 atom stereocenters. The van der Waals surface area contributed by atoms with Gasteiger partial charge in [0.15, 0.2) is 0 Å². The third-order valence-corrected chi connectivity index (χ3v) is 3.93. The van der Waals surface area contributed by atoms with Gasteiger partial charge >= 0.3 is 5.97 Å². The molecule has 0 saturated heterocycles. The highest BCUT2D eigenvalue weighted by molar-refractivity contribution is 5.81. The van der Waals surface area contributed by atoms with Crippen molar-refractivity contribution >= 4 is 5.97 Å².